The molecule has 1 aliphatic heterocycles. The molecule has 0 saturated carbocycles. The van der Waals surface area contributed by atoms with Crippen LogP contribution in [0.2, 0.25) is 0 Å². The first kappa shape index (κ1) is 53.2. The van der Waals surface area contributed by atoms with Crippen LogP contribution in [0, 0.1) is 29.5 Å². The number of hydrogen-bond acceptors (Lipinski definition) is 10. The summed E-state index contributed by atoms with van der Waals surface area (Å²) in [5.41, 5.74) is 1.43. The Labute approximate surface area is 379 Å². The van der Waals surface area contributed by atoms with Gasteiger partial charge in [-0.25, -0.2) is 14.0 Å². The van der Waals surface area contributed by atoms with Crippen LogP contribution in [0.4, 0.5) is 9.18 Å². The zero-order valence-electron chi connectivity index (χ0n) is 39.8. The van der Waals surface area contributed by atoms with Crippen molar-refractivity contribution >= 4 is 35.7 Å². The van der Waals surface area contributed by atoms with E-state index >= 15 is 0 Å². The lowest BCUT2D eigenvalue weighted by Gasteiger charge is -2.41. The maximum atomic E-state index is 14.5. The van der Waals surface area contributed by atoms with Crippen LogP contribution >= 0.6 is 0 Å². The number of likely N-dealkylation sites (N-methyl/N-ethyl adjacent to an activating group) is 2. The number of methoxy groups -OCH3 is 3. The number of esters is 1. The molecule has 0 radical (unpaired) electrons. The first-order valence-corrected chi connectivity index (χ1v) is 22.3. The second-order valence-electron chi connectivity index (χ2n) is 17.6. The lowest BCUT2D eigenvalue weighted by atomic mass is 9.89. The van der Waals surface area contributed by atoms with E-state index in [1.165, 1.54) is 57.5 Å². The van der Waals surface area contributed by atoms with E-state index in [-0.39, 0.29) is 49.0 Å². The quantitative estimate of drug-likeness (QED) is 0.138. The highest BCUT2D eigenvalue weighted by molar-refractivity contribution is 5.92. The minimum atomic E-state index is -1.04. The highest BCUT2D eigenvalue weighted by atomic mass is 19.1. The summed E-state index contributed by atoms with van der Waals surface area (Å²) in [4.78, 5) is 87.0. The summed E-state index contributed by atoms with van der Waals surface area (Å²) in [7, 11) is 7.36. The second-order valence-corrected chi connectivity index (χ2v) is 17.6. The van der Waals surface area contributed by atoms with Crippen molar-refractivity contribution in [2.45, 2.75) is 130 Å². The third-order valence-corrected chi connectivity index (χ3v) is 12.5. The minimum Gasteiger partial charge on any atom is -0.467 e. The Bertz CT molecular complexity index is 1830. The first-order chi connectivity index (χ1) is 30.3. The molecule has 64 heavy (non-hydrogen) atoms. The number of likely N-dealkylation sites (tertiary alicyclic amines) is 1. The van der Waals surface area contributed by atoms with Gasteiger partial charge in [0.25, 0.3) is 0 Å². The highest BCUT2D eigenvalue weighted by Gasteiger charge is 2.44. The third kappa shape index (κ3) is 14.2. The van der Waals surface area contributed by atoms with Crippen molar-refractivity contribution in [1.82, 2.24) is 25.3 Å². The molecule has 1 heterocycles. The molecule has 0 bridgehead atoms. The van der Waals surface area contributed by atoms with Crippen molar-refractivity contribution in [2.24, 2.45) is 23.7 Å². The van der Waals surface area contributed by atoms with Crippen LogP contribution < -0.4 is 10.6 Å². The van der Waals surface area contributed by atoms with Gasteiger partial charge in [-0.2, -0.15) is 0 Å². The molecule has 0 aromatic heterocycles. The van der Waals surface area contributed by atoms with E-state index < -0.39 is 78.0 Å². The Balaban J connectivity index is 1.78. The van der Waals surface area contributed by atoms with Crippen LogP contribution in [0.5, 0.6) is 0 Å². The number of nitrogens with zero attached hydrogens (tertiary/aromatic N) is 3. The number of hydrogen-bond donors (Lipinski definition) is 2. The van der Waals surface area contributed by atoms with E-state index in [9.17, 15) is 33.2 Å². The Kier molecular flexibility index (Phi) is 21.1. The number of nitrogens with one attached hydrogen (secondary N) is 2. The average Bonchev–Trinajstić information content (AvgIpc) is 3.76. The normalized spacial score (nSPS) is 17.6. The van der Waals surface area contributed by atoms with E-state index in [0.717, 1.165) is 5.56 Å². The summed E-state index contributed by atoms with van der Waals surface area (Å²) in [5, 5.41) is 5.72. The average molecular weight is 898 g/mol. The monoisotopic (exact) mass is 898 g/mol. The lowest BCUT2D eigenvalue weighted by Crippen LogP contribution is -2.60. The highest BCUT2D eigenvalue weighted by Crippen LogP contribution is 2.30. The zero-order valence-corrected chi connectivity index (χ0v) is 39.8. The van der Waals surface area contributed by atoms with Crippen LogP contribution in [-0.2, 0) is 55.9 Å². The molecule has 15 nitrogen and oxygen atoms in total. The predicted molar refractivity (Wildman–Crippen MR) is 240 cm³/mol. The fraction of sp³-hybridized carbons (Fsp3) is 0.625. The summed E-state index contributed by atoms with van der Waals surface area (Å²) in [6.07, 6.45) is -0.275. The van der Waals surface area contributed by atoms with E-state index in [1.54, 1.807) is 23.8 Å². The molecule has 5 amide bonds. The molecule has 356 valence electrons. The van der Waals surface area contributed by atoms with Crippen molar-refractivity contribution in [1.29, 1.82) is 0 Å². The van der Waals surface area contributed by atoms with E-state index in [1.807, 2.05) is 71.9 Å². The van der Waals surface area contributed by atoms with Crippen molar-refractivity contribution in [2.75, 3.05) is 42.0 Å². The van der Waals surface area contributed by atoms with Gasteiger partial charge in [0.15, 0.2) is 0 Å². The van der Waals surface area contributed by atoms with Gasteiger partial charge >= 0.3 is 12.1 Å². The number of carbonyl (C=O) groups is 6. The summed E-state index contributed by atoms with van der Waals surface area (Å²) < 4.78 is 36.0. The maximum Gasteiger partial charge on any atom is 0.410 e. The number of benzene rings is 2. The van der Waals surface area contributed by atoms with Gasteiger partial charge in [0.1, 0.15) is 30.5 Å². The smallest absolute Gasteiger partial charge is 0.410 e. The Hall–Kier alpha value is -5.09. The fourth-order valence-corrected chi connectivity index (χ4v) is 8.63. The van der Waals surface area contributed by atoms with E-state index in [4.69, 9.17) is 18.9 Å². The van der Waals surface area contributed by atoms with E-state index in [0.29, 0.717) is 31.4 Å². The first-order valence-electron chi connectivity index (χ1n) is 22.3. The van der Waals surface area contributed by atoms with Gasteiger partial charge in [0.05, 0.1) is 43.7 Å². The summed E-state index contributed by atoms with van der Waals surface area (Å²) in [6.45, 7) is 13.4. The molecule has 1 fully saturated rings. The van der Waals surface area contributed by atoms with Crippen molar-refractivity contribution in [3.05, 3.63) is 71.5 Å². The number of rotatable bonds is 23. The minimum absolute atomic E-state index is 0.0378. The second kappa shape index (κ2) is 25.4. The lowest BCUT2D eigenvalue weighted by molar-refractivity contribution is -0.149. The van der Waals surface area contributed by atoms with Gasteiger partial charge in [-0.15, -0.1) is 0 Å². The molecule has 3 rings (SSSR count). The molecule has 8 unspecified atom stereocenters. The number of halogens is 1. The van der Waals surface area contributed by atoms with Gasteiger partial charge < -0.3 is 39.4 Å². The summed E-state index contributed by atoms with van der Waals surface area (Å²) in [6, 6.07) is 10.8. The Morgan fingerprint density at radius 2 is 1.45 bits per heavy atom. The van der Waals surface area contributed by atoms with Crippen LogP contribution in [-0.4, -0.2) is 135 Å². The van der Waals surface area contributed by atoms with Crippen molar-refractivity contribution in [3.63, 3.8) is 0 Å². The predicted octanol–water partition coefficient (Wildman–Crippen LogP) is 5.38. The fourth-order valence-electron chi connectivity index (χ4n) is 8.63. The van der Waals surface area contributed by atoms with Crippen LogP contribution in [0.1, 0.15) is 85.3 Å². The Morgan fingerprint density at radius 3 is 2.00 bits per heavy atom. The standard InChI is InChI=1S/C48H72FN5O10/c1-13-31(6)42(52(8)46(58)40(29(2)3)51-45(57)41(30(4)5)53(9)48(60)64-28-34-18-15-14-16-19-34)38(61-10)27-39(55)54-25-17-20-37(54)43(62-11)32(7)44(56)50-36(47(59)63-12)26-33-21-23-35(49)24-22-33/h14-16,18-19,21-24,29-32,36-38,40-43H,13,17,20,25-28H2,1-12H3,(H,50,56)(H,51,57)/t31?,32?,36?,37-,38?,40?,41?,42?,43?/m0/s1. The van der Waals surface area contributed by atoms with Crippen LogP contribution in [0.15, 0.2) is 54.6 Å². The van der Waals surface area contributed by atoms with Crippen LogP contribution in [0.3, 0.4) is 0 Å². The van der Waals surface area contributed by atoms with Gasteiger partial charge in [-0.1, -0.05) is 97.4 Å². The molecule has 9 atom stereocenters. The maximum absolute atomic E-state index is 14.5. The molecule has 0 aliphatic carbocycles. The molecule has 2 aromatic carbocycles. The van der Waals surface area contributed by atoms with Gasteiger partial charge in [0, 0.05) is 41.3 Å². The van der Waals surface area contributed by atoms with Gasteiger partial charge in [-0.3, -0.25) is 24.1 Å². The Morgan fingerprint density at radius 1 is 0.812 bits per heavy atom. The third-order valence-electron chi connectivity index (χ3n) is 12.5. The van der Waals surface area contributed by atoms with E-state index in [2.05, 4.69) is 10.6 Å². The van der Waals surface area contributed by atoms with Crippen molar-refractivity contribution < 1.29 is 52.1 Å². The van der Waals surface area contributed by atoms with Crippen molar-refractivity contribution in [3.8, 4) is 0 Å². The molecular formula is C48H72FN5O10. The van der Waals surface area contributed by atoms with Crippen LogP contribution in [0.25, 0.3) is 0 Å². The molecule has 2 N–H and O–H groups in total. The molecule has 1 saturated heterocycles. The molecule has 2 aromatic rings. The number of carbonyl (C=O) groups excluding carboxylic acids is 6. The summed E-state index contributed by atoms with van der Waals surface area (Å²) >= 11 is 0. The summed E-state index contributed by atoms with van der Waals surface area (Å²) in [5.74, 6) is -4.26. The number of ether oxygens (including phenoxy) is 4. The zero-order chi connectivity index (χ0) is 47.8. The van der Waals surface area contributed by atoms with Gasteiger partial charge in [-0.05, 0) is 53.9 Å². The van der Waals surface area contributed by atoms with Gasteiger partial charge in [0.2, 0.25) is 23.6 Å². The SMILES string of the molecule is CCC(C)C(C(CC(=O)N1CCC[C@H]1C(OC)C(C)C(=O)NC(Cc1ccc(F)cc1)C(=O)OC)OC)N(C)C(=O)C(NC(=O)C(C(C)C)N(C)C(=O)OCc1ccccc1)C(C)C. The molecule has 16 heteroatoms. The molecule has 1 aliphatic rings. The largest absolute Gasteiger partial charge is 0.467 e. The molecular weight excluding hydrogens is 826 g/mol. The molecule has 0 spiro atoms. The number of amides is 5. The topological polar surface area (TPSA) is 173 Å².